The number of nitrogens with zero attached hydrogens (tertiary/aromatic N) is 4. The Morgan fingerprint density at radius 2 is 1.84 bits per heavy atom. The standard InChI is InChI=1S/C19H11ClN4O/c20-12-4-3-5-13(10-12)23-9-8-16-14(18(23)25)11-21-19-22-15-6-1-2-7-17(15)24(16)19/h1-11H. The van der Waals surface area contributed by atoms with Gasteiger partial charge in [-0.25, -0.2) is 9.97 Å². The van der Waals surface area contributed by atoms with E-state index in [-0.39, 0.29) is 5.56 Å². The second-order valence-electron chi connectivity index (χ2n) is 5.76. The fourth-order valence-corrected chi connectivity index (χ4v) is 3.33. The van der Waals surface area contributed by atoms with Crippen LogP contribution in [0.3, 0.4) is 0 Å². The van der Waals surface area contributed by atoms with Crippen molar-refractivity contribution in [2.75, 3.05) is 0 Å². The molecule has 3 aromatic heterocycles. The fraction of sp³-hybridized carbons (Fsp3) is 0. The second-order valence-corrected chi connectivity index (χ2v) is 6.20. The van der Waals surface area contributed by atoms with Crippen LogP contribution in [0.4, 0.5) is 0 Å². The Bertz CT molecular complexity index is 1340. The molecule has 6 heteroatoms. The molecule has 2 aromatic carbocycles. The number of fused-ring (bicyclic) bond motifs is 5. The average molecular weight is 347 g/mol. The van der Waals surface area contributed by atoms with E-state index in [4.69, 9.17) is 11.6 Å². The minimum absolute atomic E-state index is 0.146. The summed E-state index contributed by atoms with van der Waals surface area (Å²) in [4.78, 5) is 21.9. The molecule has 5 aromatic rings. The van der Waals surface area contributed by atoms with E-state index < -0.39 is 0 Å². The molecular weight excluding hydrogens is 336 g/mol. The zero-order valence-electron chi connectivity index (χ0n) is 12.9. The summed E-state index contributed by atoms with van der Waals surface area (Å²) in [6.07, 6.45) is 3.34. The van der Waals surface area contributed by atoms with Crippen molar-refractivity contribution in [3.63, 3.8) is 0 Å². The topological polar surface area (TPSA) is 52.2 Å². The van der Waals surface area contributed by atoms with Crippen molar-refractivity contribution in [3.8, 4) is 5.69 Å². The highest BCUT2D eigenvalue weighted by Crippen LogP contribution is 2.21. The smallest absolute Gasteiger partial charge is 0.266 e. The maximum atomic E-state index is 13.0. The van der Waals surface area contributed by atoms with E-state index in [1.807, 2.05) is 46.9 Å². The molecule has 0 N–H and O–H groups in total. The van der Waals surface area contributed by atoms with Crippen LogP contribution in [0, 0.1) is 0 Å². The molecule has 0 amide bonds. The molecule has 0 atom stereocenters. The van der Waals surface area contributed by atoms with Crippen LogP contribution in [0.1, 0.15) is 0 Å². The molecule has 25 heavy (non-hydrogen) atoms. The normalized spacial score (nSPS) is 11.6. The second kappa shape index (κ2) is 5.16. The maximum Gasteiger partial charge on any atom is 0.266 e. The predicted octanol–water partition coefficient (Wildman–Crippen LogP) is 3.84. The highest BCUT2D eigenvalue weighted by molar-refractivity contribution is 6.30. The van der Waals surface area contributed by atoms with Crippen LogP contribution in [-0.2, 0) is 0 Å². The van der Waals surface area contributed by atoms with Crippen molar-refractivity contribution in [1.82, 2.24) is 18.9 Å². The van der Waals surface area contributed by atoms with Crippen LogP contribution in [0.5, 0.6) is 0 Å². The number of para-hydroxylation sites is 2. The van der Waals surface area contributed by atoms with E-state index in [1.165, 1.54) is 0 Å². The molecule has 0 aliphatic heterocycles. The summed E-state index contributed by atoms with van der Waals surface area (Å²) in [6, 6.07) is 16.9. The van der Waals surface area contributed by atoms with Crippen molar-refractivity contribution in [3.05, 3.63) is 82.4 Å². The summed E-state index contributed by atoms with van der Waals surface area (Å²) in [5.74, 6) is 0.577. The lowest BCUT2D eigenvalue weighted by Gasteiger charge is -2.08. The Morgan fingerprint density at radius 1 is 0.960 bits per heavy atom. The molecule has 0 bridgehead atoms. The van der Waals surface area contributed by atoms with Crippen molar-refractivity contribution >= 4 is 39.3 Å². The first-order valence-electron chi connectivity index (χ1n) is 7.76. The van der Waals surface area contributed by atoms with Crippen LogP contribution in [-0.4, -0.2) is 18.9 Å². The van der Waals surface area contributed by atoms with Gasteiger partial charge in [-0.05, 0) is 36.4 Å². The van der Waals surface area contributed by atoms with Crippen LogP contribution < -0.4 is 5.56 Å². The van der Waals surface area contributed by atoms with Crippen molar-refractivity contribution < 1.29 is 0 Å². The first-order chi connectivity index (χ1) is 12.2. The van der Waals surface area contributed by atoms with Gasteiger partial charge in [0, 0.05) is 17.4 Å². The van der Waals surface area contributed by atoms with Gasteiger partial charge in [0.25, 0.3) is 5.56 Å². The monoisotopic (exact) mass is 346 g/mol. The number of imidazole rings is 1. The molecule has 5 nitrogen and oxygen atoms in total. The van der Waals surface area contributed by atoms with Crippen molar-refractivity contribution in [1.29, 1.82) is 0 Å². The molecule has 0 saturated heterocycles. The summed E-state index contributed by atoms with van der Waals surface area (Å²) in [5, 5.41) is 1.11. The predicted molar refractivity (Wildman–Crippen MR) is 98.6 cm³/mol. The number of halogens is 1. The van der Waals surface area contributed by atoms with E-state index in [1.54, 1.807) is 29.1 Å². The molecule has 120 valence electrons. The Hall–Kier alpha value is -3.18. The third kappa shape index (κ3) is 2.06. The van der Waals surface area contributed by atoms with Gasteiger partial charge in [0.15, 0.2) is 0 Å². The van der Waals surface area contributed by atoms with E-state index in [0.717, 1.165) is 22.2 Å². The Balaban J connectivity index is 1.89. The van der Waals surface area contributed by atoms with Gasteiger partial charge in [-0.3, -0.25) is 13.8 Å². The van der Waals surface area contributed by atoms with Gasteiger partial charge >= 0.3 is 0 Å². The van der Waals surface area contributed by atoms with E-state index >= 15 is 0 Å². The van der Waals surface area contributed by atoms with Crippen LogP contribution in [0.15, 0.2) is 71.8 Å². The summed E-state index contributed by atoms with van der Waals surface area (Å²) < 4.78 is 3.48. The third-order valence-corrected chi connectivity index (χ3v) is 4.52. The lowest BCUT2D eigenvalue weighted by Crippen LogP contribution is -2.18. The van der Waals surface area contributed by atoms with E-state index in [2.05, 4.69) is 9.97 Å². The first kappa shape index (κ1) is 14.2. The number of pyridine rings is 1. The van der Waals surface area contributed by atoms with Gasteiger partial charge in [-0.2, -0.15) is 0 Å². The number of hydrogen-bond donors (Lipinski definition) is 0. The highest BCUT2D eigenvalue weighted by Gasteiger charge is 2.12. The van der Waals surface area contributed by atoms with Crippen LogP contribution >= 0.6 is 11.6 Å². The Morgan fingerprint density at radius 3 is 2.72 bits per heavy atom. The third-order valence-electron chi connectivity index (χ3n) is 4.29. The van der Waals surface area contributed by atoms with Crippen LogP contribution in [0.25, 0.3) is 33.4 Å². The van der Waals surface area contributed by atoms with Gasteiger partial charge in [-0.15, -0.1) is 0 Å². The van der Waals surface area contributed by atoms with E-state index in [9.17, 15) is 4.79 Å². The number of hydrogen-bond acceptors (Lipinski definition) is 3. The molecule has 0 unspecified atom stereocenters. The van der Waals surface area contributed by atoms with Crippen LogP contribution in [0.2, 0.25) is 5.02 Å². The maximum absolute atomic E-state index is 13.0. The summed E-state index contributed by atoms with van der Waals surface area (Å²) in [6.45, 7) is 0. The Kier molecular flexibility index (Phi) is 2.93. The molecule has 0 fully saturated rings. The zero-order chi connectivity index (χ0) is 17.0. The zero-order valence-corrected chi connectivity index (χ0v) is 13.7. The molecule has 0 radical (unpaired) electrons. The molecule has 0 aliphatic rings. The van der Waals surface area contributed by atoms with Crippen molar-refractivity contribution in [2.45, 2.75) is 0 Å². The van der Waals surface area contributed by atoms with Gasteiger partial charge in [0.2, 0.25) is 5.78 Å². The largest absolute Gasteiger partial charge is 0.284 e. The van der Waals surface area contributed by atoms with Gasteiger partial charge in [0.05, 0.1) is 27.6 Å². The Labute approximate surface area is 146 Å². The summed E-state index contributed by atoms with van der Waals surface area (Å²) >= 11 is 6.05. The molecule has 0 aliphatic carbocycles. The van der Waals surface area contributed by atoms with Crippen molar-refractivity contribution in [2.24, 2.45) is 0 Å². The highest BCUT2D eigenvalue weighted by atomic mass is 35.5. The molecular formula is C19H11ClN4O. The quantitative estimate of drug-likeness (QED) is 0.463. The molecule has 5 rings (SSSR count). The van der Waals surface area contributed by atoms with Gasteiger partial charge < -0.3 is 0 Å². The number of benzene rings is 2. The number of rotatable bonds is 1. The first-order valence-corrected chi connectivity index (χ1v) is 8.14. The lowest BCUT2D eigenvalue weighted by atomic mass is 10.2. The minimum atomic E-state index is -0.146. The minimum Gasteiger partial charge on any atom is -0.284 e. The average Bonchev–Trinajstić information content (AvgIpc) is 3.01. The fourth-order valence-electron chi connectivity index (χ4n) is 3.15. The summed E-state index contributed by atoms with van der Waals surface area (Å²) in [7, 11) is 0. The summed E-state index contributed by atoms with van der Waals surface area (Å²) in [5.41, 5.74) is 3.13. The molecule has 0 spiro atoms. The SMILES string of the molecule is O=c1c2cnc3nc4ccccc4n3c2ccn1-c1cccc(Cl)c1. The molecule has 3 heterocycles. The lowest BCUT2D eigenvalue weighted by molar-refractivity contribution is 1.00. The molecule has 0 saturated carbocycles. The van der Waals surface area contributed by atoms with E-state index in [0.29, 0.717) is 16.2 Å². The van der Waals surface area contributed by atoms with Gasteiger partial charge in [-0.1, -0.05) is 29.8 Å². The number of aromatic nitrogens is 4. The van der Waals surface area contributed by atoms with Gasteiger partial charge in [0.1, 0.15) is 0 Å².